The maximum Gasteiger partial charge on any atom is 0.303 e. The molecule has 198 valence electrons. The number of rotatable bonds is 13. The van der Waals surface area contributed by atoms with Crippen molar-refractivity contribution in [3.63, 3.8) is 0 Å². The maximum absolute atomic E-state index is 11.4. The van der Waals surface area contributed by atoms with Gasteiger partial charge in [0.15, 0.2) is 0 Å². The fourth-order valence-corrected chi connectivity index (χ4v) is 4.42. The number of aliphatic carboxylic acids is 1. The lowest BCUT2D eigenvalue weighted by Gasteiger charge is -2.22. The highest BCUT2D eigenvalue weighted by molar-refractivity contribution is 7.07. The third-order valence-electron chi connectivity index (χ3n) is 5.74. The molecule has 0 amide bonds. The molecule has 0 aliphatic heterocycles. The number of carboxylic acids is 1. The van der Waals surface area contributed by atoms with Gasteiger partial charge in [0.1, 0.15) is 30.8 Å². The molecule has 3 aromatic carbocycles. The van der Waals surface area contributed by atoms with Gasteiger partial charge >= 0.3 is 5.97 Å². The Morgan fingerprint density at radius 1 is 1.00 bits per heavy atom. The molecule has 38 heavy (non-hydrogen) atoms. The molecule has 3 N–H and O–H groups in total. The monoisotopic (exact) mass is 533 g/mol. The summed E-state index contributed by atoms with van der Waals surface area (Å²) in [7, 11) is 0. The first kappa shape index (κ1) is 28.4. The number of oxime groups is 1. The Kier molecular flexibility index (Phi) is 10.9. The summed E-state index contributed by atoms with van der Waals surface area (Å²) in [6, 6.07) is 25.2. The predicted molar refractivity (Wildman–Crippen MR) is 149 cm³/mol. The summed E-state index contributed by atoms with van der Waals surface area (Å²) in [5, 5.41) is 17.5. The third-order valence-corrected chi connectivity index (χ3v) is 6.47. The highest BCUT2D eigenvalue weighted by Gasteiger charge is 2.19. The molecule has 4 rings (SSSR count). The van der Waals surface area contributed by atoms with Crippen molar-refractivity contribution in [2.75, 3.05) is 0 Å². The van der Waals surface area contributed by atoms with Crippen LogP contribution in [0.5, 0.6) is 11.5 Å². The smallest absolute Gasteiger partial charge is 0.303 e. The zero-order chi connectivity index (χ0) is 25.9. The van der Waals surface area contributed by atoms with Crippen LogP contribution in [0.2, 0.25) is 0 Å². The van der Waals surface area contributed by atoms with E-state index < -0.39 is 12.1 Å². The van der Waals surface area contributed by atoms with Crippen molar-refractivity contribution in [2.45, 2.75) is 39.1 Å². The molecule has 1 aromatic heterocycles. The number of aryl methyl sites for hydroxylation is 1. The zero-order valence-corrected chi connectivity index (χ0v) is 21.9. The van der Waals surface area contributed by atoms with Crippen LogP contribution < -0.4 is 9.47 Å². The maximum atomic E-state index is 11.4. The average molecular weight is 534 g/mol. The molecule has 8 heteroatoms. The minimum absolute atomic E-state index is 0. The van der Waals surface area contributed by atoms with Gasteiger partial charge in [0, 0.05) is 18.1 Å². The number of carbonyl (C=O) groups is 1. The predicted octanol–water partition coefficient (Wildman–Crippen LogP) is 6.35. The number of hydrogen-bond acceptors (Lipinski definition) is 6. The summed E-state index contributed by atoms with van der Waals surface area (Å²) in [5.41, 5.74) is 4.78. The van der Waals surface area contributed by atoms with E-state index in [-0.39, 0.29) is 11.9 Å². The highest BCUT2D eigenvalue weighted by atomic mass is 32.1. The van der Waals surface area contributed by atoms with Crippen LogP contribution in [0, 0.1) is 6.92 Å². The first-order chi connectivity index (χ1) is 18.1. The molecule has 0 saturated heterocycles. The number of benzene rings is 3. The normalized spacial score (nSPS) is 11.5. The van der Waals surface area contributed by atoms with E-state index in [1.54, 1.807) is 17.6 Å². The Bertz CT molecular complexity index is 1310. The molecule has 0 radical (unpaired) electrons. The summed E-state index contributed by atoms with van der Waals surface area (Å²) < 4.78 is 12.5. The third kappa shape index (κ3) is 8.47. The van der Waals surface area contributed by atoms with Crippen molar-refractivity contribution in [1.82, 2.24) is 0 Å². The summed E-state index contributed by atoms with van der Waals surface area (Å²) >= 11 is 1.62. The Hall–Kier alpha value is -4.14. The van der Waals surface area contributed by atoms with Gasteiger partial charge < -0.3 is 24.9 Å². The SMILES string of the molecule is Cc1ccccc1C(CCC(=O)O)Oc1cc(OCc2ccsc2)ccc1C=NOCc1ccccc1.O. The van der Waals surface area contributed by atoms with Crippen molar-refractivity contribution in [3.8, 4) is 11.5 Å². The molecule has 1 unspecified atom stereocenters. The van der Waals surface area contributed by atoms with Crippen molar-refractivity contribution >= 4 is 23.5 Å². The summed E-state index contributed by atoms with van der Waals surface area (Å²) in [4.78, 5) is 16.9. The Balaban J connectivity index is 0.00000400. The van der Waals surface area contributed by atoms with Crippen LogP contribution in [0.4, 0.5) is 0 Å². The summed E-state index contributed by atoms with van der Waals surface area (Å²) in [6.07, 6.45) is 1.45. The topological polar surface area (TPSA) is 109 Å². The van der Waals surface area contributed by atoms with Crippen LogP contribution in [0.1, 0.15) is 46.8 Å². The molecule has 1 atom stereocenters. The van der Waals surface area contributed by atoms with Gasteiger partial charge in [-0.1, -0.05) is 59.8 Å². The standard InChI is InChI=1S/C30H29NO5S.H2O/c1-22-7-5-6-10-27(22)28(13-14-30(32)33)36-29-17-26(34-19-24-15-16-37-21-24)12-11-25(29)18-31-35-20-23-8-3-2-4-9-23;/h2-12,15-18,21,28H,13-14,19-20H2,1H3,(H,32,33);1H2. The number of nitrogens with zero attached hydrogens (tertiary/aromatic N) is 1. The number of hydrogen-bond donors (Lipinski definition) is 1. The highest BCUT2D eigenvalue weighted by Crippen LogP contribution is 2.32. The average Bonchev–Trinajstić information content (AvgIpc) is 3.43. The first-order valence-electron chi connectivity index (χ1n) is 12.0. The lowest BCUT2D eigenvalue weighted by molar-refractivity contribution is -0.137. The number of ether oxygens (including phenoxy) is 2. The van der Waals surface area contributed by atoms with E-state index >= 15 is 0 Å². The van der Waals surface area contributed by atoms with E-state index in [4.69, 9.17) is 14.3 Å². The Morgan fingerprint density at radius 3 is 2.53 bits per heavy atom. The van der Waals surface area contributed by atoms with Gasteiger partial charge in [0.25, 0.3) is 0 Å². The molecule has 0 aliphatic carbocycles. The van der Waals surface area contributed by atoms with Gasteiger partial charge in [-0.25, -0.2) is 0 Å². The molecule has 4 aromatic rings. The fraction of sp³-hybridized carbons (Fsp3) is 0.200. The first-order valence-corrected chi connectivity index (χ1v) is 12.9. The van der Waals surface area contributed by atoms with Crippen LogP contribution in [0.3, 0.4) is 0 Å². The molecular formula is C30H31NO6S. The number of carboxylic acid groups (broad SMARTS) is 1. The molecule has 0 fully saturated rings. The Labute approximate surface area is 226 Å². The van der Waals surface area contributed by atoms with E-state index in [9.17, 15) is 9.90 Å². The fourth-order valence-electron chi connectivity index (χ4n) is 3.77. The van der Waals surface area contributed by atoms with Crippen LogP contribution in [0.15, 0.2) is 94.8 Å². The van der Waals surface area contributed by atoms with Gasteiger partial charge in [-0.05, 0) is 64.6 Å². The van der Waals surface area contributed by atoms with E-state index in [2.05, 4.69) is 5.16 Å². The van der Waals surface area contributed by atoms with Crippen molar-refractivity contribution in [1.29, 1.82) is 0 Å². The van der Waals surface area contributed by atoms with Gasteiger partial charge in [-0.3, -0.25) is 4.79 Å². The van der Waals surface area contributed by atoms with E-state index in [1.165, 1.54) is 0 Å². The van der Waals surface area contributed by atoms with Gasteiger partial charge in [0.05, 0.1) is 6.21 Å². The summed E-state index contributed by atoms with van der Waals surface area (Å²) in [5.74, 6) is 0.310. The molecule has 0 aliphatic rings. The minimum Gasteiger partial charge on any atom is -0.489 e. The second-order valence-corrected chi connectivity index (χ2v) is 9.29. The van der Waals surface area contributed by atoms with Crippen LogP contribution in [-0.2, 0) is 22.8 Å². The number of thiophene rings is 1. The van der Waals surface area contributed by atoms with Crippen LogP contribution >= 0.6 is 11.3 Å². The molecule has 0 bridgehead atoms. The largest absolute Gasteiger partial charge is 0.489 e. The zero-order valence-electron chi connectivity index (χ0n) is 21.1. The molecule has 1 heterocycles. The molecule has 7 nitrogen and oxygen atoms in total. The minimum atomic E-state index is -0.869. The Morgan fingerprint density at radius 2 is 1.79 bits per heavy atom. The van der Waals surface area contributed by atoms with Gasteiger partial charge in [-0.15, -0.1) is 0 Å². The molecular weight excluding hydrogens is 502 g/mol. The lowest BCUT2D eigenvalue weighted by Crippen LogP contribution is -2.12. The second kappa shape index (κ2) is 14.6. The van der Waals surface area contributed by atoms with Crippen molar-refractivity contribution in [2.24, 2.45) is 5.16 Å². The quantitative estimate of drug-likeness (QED) is 0.159. The van der Waals surface area contributed by atoms with Crippen LogP contribution in [-0.4, -0.2) is 22.8 Å². The van der Waals surface area contributed by atoms with Crippen molar-refractivity contribution < 1.29 is 29.7 Å². The summed E-state index contributed by atoms with van der Waals surface area (Å²) in [6.45, 7) is 2.78. The van der Waals surface area contributed by atoms with E-state index in [0.717, 1.165) is 22.3 Å². The molecule has 0 saturated carbocycles. The van der Waals surface area contributed by atoms with Gasteiger partial charge in [0.2, 0.25) is 0 Å². The second-order valence-electron chi connectivity index (χ2n) is 8.51. The van der Waals surface area contributed by atoms with Crippen molar-refractivity contribution in [3.05, 3.63) is 117 Å². The van der Waals surface area contributed by atoms with E-state index in [1.807, 2.05) is 96.5 Å². The lowest BCUT2D eigenvalue weighted by atomic mass is 9.99. The van der Waals surface area contributed by atoms with Gasteiger partial charge in [-0.2, -0.15) is 11.3 Å². The van der Waals surface area contributed by atoms with Crippen LogP contribution in [0.25, 0.3) is 0 Å². The van der Waals surface area contributed by atoms with E-state index in [0.29, 0.717) is 36.7 Å². The molecule has 0 spiro atoms.